The van der Waals surface area contributed by atoms with Crippen molar-refractivity contribution in [3.63, 3.8) is 0 Å². The zero-order valence-electron chi connectivity index (χ0n) is 10.1. The molecule has 1 heterocycles. The summed E-state index contributed by atoms with van der Waals surface area (Å²) in [6, 6.07) is 6.21. The second-order valence-corrected chi connectivity index (χ2v) is 6.12. The minimum Gasteiger partial charge on any atom is -0.478 e. The summed E-state index contributed by atoms with van der Waals surface area (Å²) in [5.74, 6) is 0.0428. The van der Waals surface area contributed by atoms with E-state index in [0.29, 0.717) is 5.69 Å². The van der Waals surface area contributed by atoms with Crippen LogP contribution < -0.4 is 5.32 Å². The number of hydrogen-bond acceptors (Lipinski definition) is 3. The number of benzene rings is 1. The van der Waals surface area contributed by atoms with E-state index in [1.54, 1.807) is 23.9 Å². The van der Waals surface area contributed by atoms with E-state index in [9.17, 15) is 9.59 Å². The minimum atomic E-state index is -0.966. The van der Waals surface area contributed by atoms with Crippen molar-refractivity contribution in [3.8, 4) is 0 Å². The highest BCUT2D eigenvalue weighted by Gasteiger charge is 2.37. The lowest BCUT2D eigenvalue weighted by Gasteiger charge is -2.21. The summed E-state index contributed by atoms with van der Waals surface area (Å²) in [7, 11) is 0. The van der Waals surface area contributed by atoms with Crippen LogP contribution in [-0.4, -0.2) is 27.5 Å². The normalized spacial score (nSPS) is 22.7. The van der Waals surface area contributed by atoms with Gasteiger partial charge >= 0.3 is 5.97 Å². The van der Waals surface area contributed by atoms with Crippen LogP contribution in [0.3, 0.4) is 0 Å². The third-order valence-electron chi connectivity index (χ3n) is 3.09. The van der Waals surface area contributed by atoms with Crippen molar-refractivity contribution in [2.45, 2.75) is 24.5 Å². The molecule has 0 aliphatic carbocycles. The molecule has 2 N–H and O–H groups in total. The number of aromatic carboxylic acids is 1. The molecule has 0 aromatic heterocycles. The maximum Gasteiger partial charge on any atom is 0.335 e. The fraction of sp³-hybridized carbons (Fsp3) is 0.385. The molecule has 1 saturated heterocycles. The molecule has 18 heavy (non-hydrogen) atoms. The molecule has 5 heteroatoms. The molecule has 1 aliphatic heterocycles. The first-order valence-corrected chi connectivity index (χ1v) is 6.79. The monoisotopic (exact) mass is 265 g/mol. The topological polar surface area (TPSA) is 66.4 Å². The Morgan fingerprint density at radius 1 is 1.33 bits per heavy atom. The largest absolute Gasteiger partial charge is 0.478 e. The van der Waals surface area contributed by atoms with E-state index in [1.165, 1.54) is 12.1 Å². The van der Waals surface area contributed by atoms with E-state index in [2.05, 4.69) is 5.32 Å². The summed E-state index contributed by atoms with van der Waals surface area (Å²) in [5.41, 5.74) is 0.855. The summed E-state index contributed by atoms with van der Waals surface area (Å²) in [5, 5.41) is 11.6. The number of carboxylic acids is 1. The van der Waals surface area contributed by atoms with E-state index >= 15 is 0 Å². The molecule has 0 spiro atoms. The minimum absolute atomic E-state index is 0.00641. The average molecular weight is 265 g/mol. The van der Waals surface area contributed by atoms with Gasteiger partial charge in [0.15, 0.2) is 0 Å². The number of amides is 1. The summed E-state index contributed by atoms with van der Waals surface area (Å²) in [6.07, 6.45) is 1.95. The number of nitrogens with one attached hydrogen (secondary N) is 1. The number of hydrogen-bond donors (Lipinski definition) is 2. The molecule has 1 amide bonds. The maximum atomic E-state index is 12.1. The van der Waals surface area contributed by atoms with Crippen molar-refractivity contribution in [1.29, 1.82) is 0 Å². The SMILES string of the molecule is CC1(C(=O)Nc2ccc(C(=O)O)cc2)CCCS1. The van der Waals surface area contributed by atoms with Crippen molar-refractivity contribution in [1.82, 2.24) is 0 Å². The summed E-state index contributed by atoms with van der Waals surface area (Å²) in [4.78, 5) is 22.8. The van der Waals surface area contributed by atoms with Crippen LogP contribution in [0.5, 0.6) is 0 Å². The quantitative estimate of drug-likeness (QED) is 0.881. The second kappa shape index (κ2) is 5.02. The first kappa shape index (κ1) is 13.0. The molecule has 1 fully saturated rings. The van der Waals surface area contributed by atoms with Crippen LogP contribution in [0.1, 0.15) is 30.1 Å². The third-order valence-corrected chi connectivity index (χ3v) is 4.61. The Bertz CT molecular complexity index is 464. The average Bonchev–Trinajstić information content (AvgIpc) is 2.78. The number of thioether (sulfide) groups is 1. The fourth-order valence-electron chi connectivity index (χ4n) is 1.92. The maximum absolute atomic E-state index is 12.1. The van der Waals surface area contributed by atoms with Gasteiger partial charge in [-0.25, -0.2) is 4.79 Å². The molecule has 1 aromatic rings. The van der Waals surface area contributed by atoms with Gasteiger partial charge in [-0.1, -0.05) is 0 Å². The molecule has 2 rings (SSSR count). The summed E-state index contributed by atoms with van der Waals surface area (Å²) >= 11 is 1.67. The fourth-order valence-corrected chi connectivity index (χ4v) is 3.13. The number of carbonyl (C=O) groups is 2. The number of rotatable bonds is 3. The number of carbonyl (C=O) groups excluding carboxylic acids is 1. The zero-order valence-corrected chi connectivity index (χ0v) is 10.9. The molecule has 1 unspecified atom stereocenters. The van der Waals surface area contributed by atoms with Crippen LogP contribution in [0, 0.1) is 0 Å². The van der Waals surface area contributed by atoms with Crippen LogP contribution in [0.25, 0.3) is 0 Å². The van der Waals surface area contributed by atoms with Crippen LogP contribution >= 0.6 is 11.8 Å². The van der Waals surface area contributed by atoms with Gasteiger partial charge in [0.2, 0.25) is 5.91 Å². The third kappa shape index (κ3) is 2.67. The van der Waals surface area contributed by atoms with Crippen molar-refractivity contribution >= 4 is 29.3 Å². The molecular weight excluding hydrogens is 250 g/mol. The summed E-state index contributed by atoms with van der Waals surface area (Å²) < 4.78 is -0.356. The van der Waals surface area contributed by atoms with Crippen LogP contribution in [0.4, 0.5) is 5.69 Å². The highest BCUT2D eigenvalue weighted by atomic mass is 32.2. The number of anilines is 1. The van der Waals surface area contributed by atoms with Gasteiger partial charge in [0, 0.05) is 5.69 Å². The highest BCUT2D eigenvalue weighted by Crippen LogP contribution is 2.38. The smallest absolute Gasteiger partial charge is 0.335 e. The van der Waals surface area contributed by atoms with Gasteiger partial charge < -0.3 is 10.4 Å². The molecule has 4 nitrogen and oxygen atoms in total. The van der Waals surface area contributed by atoms with Crippen molar-refractivity contribution in [2.75, 3.05) is 11.1 Å². The van der Waals surface area contributed by atoms with Crippen molar-refractivity contribution in [2.24, 2.45) is 0 Å². The molecule has 96 valence electrons. The zero-order chi connectivity index (χ0) is 13.2. The van der Waals surface area contributed by atoms with Gasteiger partial charge in [0.1, 0.15) is 0 Å². The van der Waals surface area contributed by atoms with Gasteiger partial charge in [0.05, 0.1) is 10.3 Å². The Labute approximate surface area is 110 Å². The van der Waals surface area contributed by atoms with Gasteiger partial charge in [-0.3, -0.25) is 4.79 Å². The van der Waals surface area contributed by atoms with Crippen LogP contribution in [0.15, 0.2) is 24.3 Å². The Morgan fingerprint density at radius 2 is 2.00 bits per heavy atom. The lowest BCUT2D eigenvalue weighted by Crippen LogP contribution is -2.34. The van der Waals surface area contributed by atoms with Crippen molar-refractivity contribution < 1.29 is 14.7 Å². The standard InChI is InChI=1S/C13H15NO3S/c1-13(7-2-8-18-13)12(17)14-10-5-3-9(4-6-10)11(15)16/h3-6H,2,7-8H2,1H3,(H,14,17)(H,15,16). The van der Waals surface area contributed by atoms with Gasteiger partial charge in [-0.15, -0.1) is 11.8 Å². The number of carboxylic acid groups (broad SMARTS) is 1. The second-order valence-electron chi connectivity index (χ2n) is 4.52. The van der Waals surface area contributed by atoms with E-state index < -0.39 is 5.97 Å². The van der Waals surface area contributed by atoms with E-state index in [-0.39, 0.29) is 16.2 Å². The summed E-state index contributed by atoms with van der Waals surface area (Å²) in [6.45, 7) is 1.95. The molecule has 1 aromatic carbocycles. The van der Waals surface area contributed by atoms with Gasteiger partial charge in [-0.2, -0.15) is 0 Å². The lowest BCUT2D eigenvalue weighted by atomic mass is 10.0. The first-order valence-electron chi connectivity index (χ1n) is 5.80. The van der Waals surface area contributed by atoms with E-state index in [1.807, 2.05) is 6.92 Å². The Morgan fingerprint density at radius 3 is 2.50 bits per heavy atom. The van der Waals surface area contributed by atoms with Crippen LogP contribution in [-0.2, 0) is 4.79 Å². The molecule has 1 aliphatic rings. The van der Waals surface area contributed by atoms with Gasteiger partial charge in [0.25, 0.3) is 0 Å². The first-order chi connectivity index (χ1) is 8.51. The molecule has 0 bridgehead atoms. The Hall–Kier alpha value is -1.49. The molecule has 0 saturated carbocycles. The Kier molecular flexibility index (Phi) is 3.61. The van der Waals surface area contributed by atoms with E-state index in [4.69, 9.17) is 5.11 Å². The van der Waals surface area contributed by atoms with E-state index in [0.717, 1.165) is 18.6 Å². The highest BCUT2D eigenvalue weighted by molar-refractivity contribution is 8.01. The molecule has 1 atom stereocenters. The predicted octanol–water partition coefficient (Wildman–Crippen LogP) is 2.61. The van der Waals surface area contributed by atoms with Gasteiger partial charge in [-0.05, 0) is 49.8 Å². The molecular formula is C13H15NO3S. The predicted molar refractivity (Wildman–Crippen MR) is 72.1 cm³/mol. The van der Waals surface area contributed by atoms with Crippen molar-refractivity contribution in [3.05, 3.63) is 29.8 Å². The molecule has 0 radical (unpaired) electrons. The Balaban J connectivity index is 2.05. The van der Waals surface area contributed by atoms with Crippen LogP contribution in [0.2, 0.25) is 0 Å². The lowest BCUT2D eigenvalue weighted by molar-refractivity contribution is -0.118.